The highest BCUT2D eigenvalue weighted by Gasteiger charge is 2.26. The van der Waals surface area contributed by atoms with Gasteiger partial charge in [-0.25, -0.2) is 8.42 Å². The molecular formula is C23H23ClN2O3S. The van der Waals surface area contributed by atoms with Crippen molar-refractivity contribution in [3.05, 3.63) is 95.0 Å². The van der Waals surface area contributed by atoms with Gasteiger partial charge in [0.05, 0.1) is 11.4 Å². The lowest BCUT2D eigenvalue weighted by Crippen LogP contribution is -2.39. The molecular weight excluding hydrogens is 420 g/mol. The van der Waals surface area contributed by atoms with Crippen LogP contribution in [0.15, 0.2) is 83.8 Å². The molecule has 0 atom stereocenters. The van der Waals surface area contributed by atoms with Gasteiger partial charge >= 0.3 is 0 Å². The fourth-order valence-electron chi connectivity index (χ4n) is 3.04. The number of sulfonamides is 1. The summed E-state index contributed by atoms with van der Waals surface area (Å²) in [6.07, 6.45) is 0.500. The molecule has 0 radical (unpaired) electrons. The highest BCUT2D eigenvalue weighted by molar-refractivity contribution is 7.89. The smallest absolute Gasteiger partial charge is 0.243 e. The van der Waals surface area contributed by atoms with E-state index >= 15 is 0 Å². The molecule has 0 aliphatic heterocycles. The van der Waals surface area contributed by atoms with Crippen molar-refractivity contribution in [1.29, 1.82) is 0 Å². The predicted octanol–water partition coefficient (Wildman–Crippen LogP) is 4.52. The van der Waals surface area contributed by atoms with E-state index in [9.17, 15) is 13.2 Å². The van der Waals surface area contributed by atoms with Gasteiger partial charge in [0.15, 0.2) is 0 Å². The van der Waals surface area contributed by atoms with Crippen molar-refractivity contribution in [1.82, 2.24) is 4.31 Å². The molecule has 0 aromatic heterocycles. The molecule has 3 aromatic rings. The highest BCUT2D eigenvalue weighted by atomic mass is 35.5. The molecule has 7 heteroatoms. The summed E-state index contributed by atoms with van der Waals surface area (Å²) in [7, 11) is -3.82. The molecule has 30 heavy (non-hydrogen) atoms. The van der Waals surface area contributed by atoms with E-state index in [0.29, 0.717) is 17.1 Å². The van der Waals surface area contributed by atoms with E-state index in [1.807, 2.05) is 37.3 Å². The summed E-state index contributed by atoms with van der Waals surface area (Å²) in [5.41, 5.74) is 2.40. The van der Waals surface area contributed by atoms with Gasteiger partial charge in [-0.1, -0.05) is 60.1 Å². The van der Waals surface area contributed by atoms with Crippen molar-refractivity contribution in [2.45, 2.75) is 18.2 Å². The third-order valence-corrected chi connectivity index (χ3v) is 6.75. The molecule has 3 aromatic carbocycles. The van der Waals surface area contributed by atoms with Crippen molar-refractivity contribution in [3.63, 3.8) is 0 Å². The van der Waals surface area contributed by atoms with Crippen LogP contribution in [0.4, 0.5) is 5.69 Å². The predicted molar refractivity (Wildman–Crippen MR) is 120 cm³/mol. The Labute approximate surface area is 182 Å². The number of rotatable bonds is 8. The second kappa shape index (κ2) is 9.89. The molecule has 0 fully saturated rings. The third kappa shape index (κ3) is 5.69. The average Bonchev–Trinajstić information content (AvgIpc) is 2.74. The molecule has 0 spiro atoms. The van der Waals surface area contributed by atoms with E-state index in [4.69, 9.17) is 11.6 Å². The first-order valence-corrected chi connectivity index (χ1v) is 11.3. The summed E-state index contributed by atoms with van der Waals surface area (Å²) in [5, 5.41) is 3.36. The first kappa shape index (κ1) is 22.0. The Morgan fingerprint density at radius 1 is 0.967 bits per heavy atom. The first-order chi connectivity index (χ1) is 14.4. The van der Waals surface area contributed by atoms with Crippen LogP contribution in [0, 0.1) is 6.92 Å². The van der Waals surface area contributed by atoms with Gasteiger partial charge in [0, 0.05) is 17.3 Å². The zero-order chi connectivity index (χ0) is 21.6. The normalized spacial score (nSPS) is 11.4. The second-order valence-electron chi connectivity index (χ2n) is 6.89. The number of aryl methyl sites for hydroxylation is 1. The van der Waals surface area contributed by atoms with Gasteiger partial charge < -0.3 is 5.32 Å². The number of anilines is 1. The Morgan fingerprint density at radius 3 is 2.23 bits per heavy atom. The fraction of sp³-hybridized carbons (Fsp3) is 0.174. The van der Waals surface area contributed by atoms with Crippen LogP contribution in [0.5, 0.6) is 0 Å². The Morgan fingerprint density at radius 2 is 1.60 bits per heavy atom. The van der Waals surface area contributed by atoms with Crippen LogP contribution in [0.2, 0.25) is 5.02 Å². The second-order valence-corrected chi connectivity index (χ2v) is 9.27. The van der Waals surface area contributed by atoms with Crippen LogP contribution in [0.25, 0.3) is 0 Å². The average molecular weight is 443 g/mol. The molecule has 0 saturated heterocycles. The maximum Gasteiger partial charge on any atom is 0.243 e. The van der Waals surface area contributed by atoms with E-state index in [0.717, 1.165) is 11.1 Å². The molecule has 0 heterocycles. The molecule has 156 valence electrons. The molecule has 1 N–H and O–H groups in total. The number of hydrogen-bond acceptors (Lipinski definition) is 3. The summed E-state index contributed by atoms with van der Waals surface area (Å²) >= 11 is 5.96. The monoisotopic (exact) mass is 442 g/mol. The van der Waals surface area contributed by atoms with Crippen LogP contribution < -0.4 is 5.32 Å². The molecule has 0 saturated carbocycles. The number of halogens is 1. The standard InChI is InChI=1S/C23H23ClN2O3S/c1-18-16-20(24)12-13-22(18)25-23(27)17-26(15-14-19-8-4-2-5-9-19)30(28,29)21-10-6-3-7-11-21/h2-13,16H,14-15,17H2,1H3,(H,25,27). The first-order valence-electron chi connectivity index (χ1n) is 9.51. The quantitative estimate of drug-likeness (QED) is 0.557. The third-order valence-electron chi connectivity index (χ3n) is 4.66. The number of hydrogen-bond donors (Lipinski definition) is 1. The number of carbonyl (C=O) groups is 1. The van der Waals surface area contributed by atoms with Gasteiger partial charge in [-0.3, -0.25) is 4.79 Å². The summed E-state index contributed by atoms with van der Waals surface area (Å²) in [6.45, 7) is 1.73. The van der Waals surface area contributed by atoms with Crippen LogP contribution in [0.3, 0.4) is 0 Å². The van der Waals surface area contributed by atoms with E-state index in [1.54, 1.807) is 36.4 Å². The SMILES string of the molecule is Cc1cc(Cl)ccc1NC(=O)CN(CCc1ccccc1)S(=O)(=O)c1ccccc1. The van der Waals surface area contributed by atoms with E-state index < -0.39 is 15.9 Å². The van der Waals surface area contributed by atoms with Gasteiger partial charge in [-0.05, 0) is 54.8 Å². The zero-order valence-corrected chi connectivity index (χ0v) is 18.2. The van der Waals surface area contributed by atoms with Gasteiger partial charge in [0.2, 0.25) is 15.9 Å². The fourth-order valence-corrected chi connectivity index (χ4v) is 4.69. The summed E-state index contributed by atoms with van der Waals surface area (Å²) in [6, 6.07) is 22.9. The Bertz CT molecular complexity index is 1100. The highest BCUT2D eigenvalue weighted by Crippen LogP contribution is 2.20. The van der Waals surface area contributed by atoms with E-state index in [1.165, 1.54) is 16.4 Å². The number of amides is 1. The minimum Gasteiger partial charge on any atom is -0.325 e. The Hall–Kier alpha value is -2.67. The molecule has 0 aliphatic rings. The molecule has 3 rings (SSSR count). The van der Waals surface area contributed by atoms with Crippen LogP contribution in [0.1, 0.15) is 11.1 Å². The minimum atomic E-state index is -3.82. The van der Waals surface area contributed by atoms with Crippen molar-refractivity contribution in [2.24, 2.45) is 0 Å². The topological polar surface area (TPSA) is 66.5 Å². The minimum absolute atomic E-state index is 0.161. The van der Waals surface area contributed by atoms with Crippen LogP contribution >= 0.6 is 11.6 Å². The van der Waals surface area contributed by atoms with Crippen molar-refractivity contribution < 1.29 is 13.2 Å². The Kier molecular flexibility index (Phi) is 7.26. The lowest BCUT2D eigenvalue weighted by atomic mass is 10.1. The Balaban J connectivity index is 1.80. The molecule has 0 bridgehead atoms. The van der Waals surface area contributed by atoms with Crippen LogP contribution in [-0.2, 0) is 21.2 Å². The van der Waals surface area contributed by atoms with Crippen molar-refractivity contribution in [2.75, 3.05) is 18.4 Å². The summed E-state index contributed by atoms with van der Waals surface area (Å²) < 4.78 is 27.6. The van der Waals surface area contributed by atoms with Gasteiger partial charge in [0.1, 0.15) is 0 Å². The van der Waals surface area contributed by atoms with Gasteiger partial charge in [0.25, 0.3) is 0 Å². The van der Waals surface area contributed by atoms with Gasteiger partial charge in [-0.15, -0.1) is 0 Å². The zero-order valence-electron chi connectivity index (χ0n) is 16.6. The lowest BCUT2D eigenvalue weighted by Gasteiger charge is -2.22. The summed E-state index contributed by atoms with van der Waals surface area (Å²) in [4.78, 5) is 12.9. The van der Waals surface area contributed by atoms with E-state index in [2.05, 4.69) is 5.32 Å². The van der Waals surface area contributed by atoms with Crippen molar-refractivity contribution >= 4 is 33.2 Å². The number of carbonyl (C=O) groups excluding carboxylic acids is 1. The van der Waals surface area contributed by atoms with Gasteiger partial charge in [-0.2, -0.15) is 4.31 Å². The number of nitrogens with one attached hydrogen (secondary N) is 1. The molecule has 0 unspecified atom stereocenters. The lowest BCUT2D eigenvalue weighted by molar-refractivity contribution is -0.116. The molecule has 0 aliphatic carbocycles. The largest absolute Gasteiger partial charge is 0.325 e. The summed E-state index contributed by atoms with van der Waals surface area (Å²) in [5.74, 6) is -0.409. The van der Waals surface area contributed by atoms with Crippen molar-refractivity contribution in [3.8, 4) is 0 Å². The molecule has 5 nitrogen and oxygen atoms in total. The molecule has 1 amide bonds. The number of benzene rings is 3. The maximum atomic E-state index is 13.2. The number of nitrogens with zero attached hydrogens (tertiary/aromatic N) is 1. The van der Waals surface area contributed by atoms with Crippen LogP contribution in [-0.4, -0.2) is 31.7 Å². The van der Waals surface area contributed by atoms with E-state index in [-0.39, 0.29) is 18.0 Å². The maximum absolute atomic E-state index is 13.2.